The Morgan fingerprint density at radius 3 is 2.31 bits per heavy atom. The summed E-state index contributed by atoms with van der Waals surface area (Å²) in [6, 6.07) is 0. The van der Waals surface area contributed by atoms with Crippen molar-refractivity contribution in [2.45, 2.75) is 38.8 Å². The van der Waals surface area contributed by atoms with Crippen LogP contribution in [-0.2, 0) is 4.84 Å². The molecule has 0 radical (unpaired) electrons. The molecular weight excluding hydrogens is 168 g/mol. The number of quaternary nitrogens is 1. The van der Waals surface area contributed by atoms with Gasteiger partial charge < -0.3 is 0 Å². The highest BCUT2D eigenvalue weighted by Crippen LogP contribution is 2.23. The maximum Gasteiger partial charge on any atom is 0.146 e. The van der Waals surface area contributed by atoms with E-state index in [1.165, 1.54) is 0 Å². The van der Waals surface area contributed by atoms with Crippen LogP contribution in [0.2, 0.25) is 0 Å². The summed E-state index contributed by atoms with van der Waals surface area (Å²) in [4.78, 5) is 4.61. The molecule has 0 aliphatic carbocycles. The molecule has 1 aliphatic rings. The number of nitrogens with two attached hydrogens (primary N) is 1. The predicted molar refractivity (Wildman–Crippen MR) is 49.1 cm³/mol. The summed E-state index contributed by atoms with van der Waals surface area (Å²) in [5, 5.41) is 10.4. The first-order valence-corrected chi connectivity index (χ1v) is 4.43. The largest absolute Gasteiger partial charge is 0.300 e. The lowest BCUT2D eigenvalue weighted by Crippen LogP contribution is -3.22. The Morgan fingerprint density at radius 1 is 1.46 bits per heavy atom. The van der Waals surface area contributed by atoms with Crippen LogP contribution < -0.4 is 11.0 Å². The lowest BCUT2D eigenvalue weighted by atomic mass is 9.97. The SMILES string of the molecule is CC1(C)C=C(CON)C(C)(C)[NH+]1O. The van der Waals surface area contributed by atoms with Crippen LogP contribution in [0.5, 0.6) is 0 Å². The molecule has 0 aromatic carbocycles. The molecule has 76 valence electrons. The summed E-state index contributed by atoms with van der Waals surface area (Å²) in [5.41, 5.74) is 0.456. The average Bonchev–Trinajstić information content (AvgIpc) is 2.14. The molecule has 0 saturated heterocycles. The third kappa shape index (κ3) is 1.62. The van der Waals surface area contributed by atoms with E-state index in [0.717, 1.165) is 5.57 Å². The van der Waals surface area contributed by atoms with Gasteiger partial charge in [0.2, 0.25) is 0 Å². The Labute approximate surface area is 78.9 Å². The standard InChI is InChI=1S/C9H18N2O2/c1-8(2)5-7(6-13-10)9(3,4)11(8)12/h5,12H,6,10H2,1-4H3/p+1. The van der Waals surface area contributed by atoms with Crippen LogP contribution in [0, 0.1) is 0 Å². The van der Waals surface area contributed by atoms with E-state index in [2.05, 4.69) is 4.84 Å². The Kier molecular flexibility index (Phi) is 2.51. The van der Waals surface area contributed by atoms with Crippen molar-refractivity contribution in [1.29, 1.82) is 0 Å². The number of hydrogen-bond donors (Lipinski definition) is 3. The van der Waals surface area contributed by atoms with E-state index in [0.29, 0.717) is 11.7 Å². The zero-order chi connectivity index (χ0) is 10.3. The fourth-order valence-corrected chi connectivity index (χ4v) is 1.95. The first kappa shape index (κ1) is 10.7. The molecule has 4 N–H and O–H groups in total. The highest BCUT2D eigenvalue weighted by Gasteiger charge is 2.49. The molecule has 0 aromatic heterocycles. The molecule has 0 amide bonds. The van der Waals surface area contributed by atoms with Crippen molar-refractivity contribution in [3.05, 3.63) is 11.6 Å². The second-order valence-electron chi connectivity index (χ2n) is 4.68. The van der Waals surface area contributed by atoms with Crippen molar-refractivity contribution in [3.8, 4) is 0 Å². The molecule has 4 nitrogen and oxygen atoms in total. The van der Waals surface area contributed by atoms with E-state index in [1.807, 2.05) is 33.8 Å². The smallest absolute Gasteiger partial charge is 0.146 e. The minimum atomic E-state index is -0.317. The van der Waals surface area contributed by atoms with Gasteiger partial charge in [-0.1, -0.05) is 0 Å². The second-order valence-corrected chi connectivity index (χ2v) is 4.68. The minimum absolute atomic E-state index is 0.267. The molecule has 1 aliphatic heterocycles. The van der Waals surface area contributed by atoms with Crippen LogP contribution >= 0.6 is 0 Å². The molecule has 0 saturated carbocycles. The molecule has 1 heterocycles. The van der Waals surface area contributed by atoms with Gasteiger partial charge in [-0.25, -0.2) is 11.1 Å². The molecular formula is C9H19N2O2+. The number of hydrogen-bond acceptors (Lipinski definition) is 3. The summed E-state index contributed by atoms with van der Waals surface area (Å²) < 4.78 is 0. The second kappa shape index (κ2) is 3.06. The third-order valence-corrected chi connectivity index (χ3v) is 2.78. The molecule has 1 unspecified atom stereocenters. The Balaban J connectivity index is 2.95. The van der Waals surface area contributed by atoms with E-state index >= 15 is 0 Å². The van der Waals surface area contributed by atoms with Crippen LogP contribution in [0.4, 0.5) is 0 Å². The van der Waals surface area contributed by atoms with Crippen molar-refractivity contribution in [1.82, 2.24) is 0 Å². The van der Waals surface area contributed by atoms with Crippen molar-refractivity contribution in [2.24, 2.45) is 5.90 Å². The van der Waals surface area contributed by atoms with Crippen molar-refractivity contribution in [3.63, 3.8) is 0 Å². The lowest BCUT2D eigenvalue weighted by Gasteiger charge is -2.31. The molecule has 1 atom stereocenters. The monoisotopic (exact) mass is 187 g/mol. The summed E-state index contributed by atoms with van der Waals surface area (Å²) in [7, 11) is 0. The van der Waals surface area contributed by atoms with Crippen LogP contribution in [0.1, 0.15) is 27.7 Å². The first-order chi connectivity index (χ1) is 5.82. The molecule has 4 heteroatoms. The van der Waals surface area contributed by atoms with E-state index < -0.39 is 0 Å². The van der Waals surface area contributed by atoms with E-state index in [1.54, 1.807) is 0 Å². The first-order valence-electron chi connectivity index (χ1n) is 4.43. The van der Waals surface area contributed by atoms with Gasteiger partial charge in [-0.15, -0.1) is 0 Å². The topological polar surface area (TPSA) is 59.9 Å². The van der Waals surface area contributed by atoms with Crippen LogP contribution in [-0.4, -0.2) is 22.9 Å². The predicted octanol–water partition coefficient (Wildman–Crippen LogP) is -0.352. The average molecular weight is 187 g/mol. The van der Waals surface area contributed by atoms with Gasteiger partial charge in [0.25, 0.3) is 0 Å². The van der Waals surface area contributed by atoms with Gasteiger partial charge in [0.15, 0.2) is 0 Å². The third-order valence-electron chi connectivity index (χ3n) is 2.78. The molecule has 0 aromatic rings. The lowest BCUT2D eigenvalue weighted by molar-refractivity contribution is -1.14. The number of nitrogens with one attached hydrogen (secondary N) is 1. The van der Waals surface area contributed by atoms with E-state index in [4.69, 9.17) is 5.90 Å². The Hall–Kier alpha value is -0.420. The van der Waals surface area contributed by atoms with Crippen LogP contribution in [0.15, 0.2) is 11.6 Å². The normalized spacial score (nSPS) is 30.3. The van der Waals surface area contributed by atoms with Gasteiger partial charge in [0.05, 0.1) is 6.61 Å². The quantitative estimate of drug-likeness (QED) is 0.409. The van der Waals surface area contributed by atoms with Crippen molar-refractivity contribution >= 4 is 0 Å². The van der Waals surface area contributed by atoms with Crippen LogP contribution in [0.25, 0.3) is 0 Å². The minimum Gasteiger partial charge on any atom is -0.300 e. The molecule has 13 heavy (non-hydrogen) atoms. The summed E-state index contributed by atoms with van der Waals surface area (Å²) >= 11 is 0. The summed E-state index contributed by atoms with van der Waals surface area (Å²) in [6.45, 7) is 8.28. The van der Waals surface area contributed by atoms with Gasteiger partial charge >= 0.3 is 0 Å². The van der Waals surface area contributed by atoms with Gasteiger partial charge in [0.1, 0.15) is 11.1 Å². The fraction of sp³-hybridized carbons (Fsp3) is 0.778. The molecule has 1 rings (SSSR count). The van der Waals surface area contributed by atoms with Gasteiger partial charge in [-0.2, -0.15) is 5.06 Å². The summed E-state index contributed by atoms with van der Waals surface area (Å²) in [5.74, 6) is 5.03. The Bertz CT molecular complexity index is 234. The zero-order valence-electron chi connectivity index (χ0n) is 8.72. The van der Waals surface area contributed by atoms with E-state index in [9.17, 15) is 5.21 Å². The maximum atomic E-state index is 9.95. The molecule has 0 fully saturated rings. The Morgan fingerprint density at radius 2 is 2.00 bits per heavy atom. The van der Waals surface area contributed by atoms with Crippen molar-refractivity contribution in [2.75, 3.05) is 6.61 Å². The zero-order valence-corrected chi connectivity index (χ0v) is 8.72. The van der Waals surface area contributed by atoms with Crippen molar-refractivity contribution < 1.29 is 15.1 Å². The molecule has 0 spiro atoms. The highest BCUT2D eigenvalue weighted by molar-refractivity contribution is 5.22. The fourth-order valence-electron chi connectivity index (χ4n) is 1.95. The van der Waals surface area contributed by atoms with Gasteiger partial charge in [0, 0.05) is 5.57 Å². The van der Waals surface area contributed by atoms with Crippen LogP contribution in [0.3, 0.4) is 0 Å². The molecule has 0 bridgehead atoms. The number of rotatable bonds is 2. The highest BCUT2D eigenvalue weighted by atomic mass is 16.6. The van der Waals surface area contributed by atoms with Gasteiger partial charge in [-0.05, 0) is 33.8 Å². The van der Waals surface area contributed by atoms with E-state index in [-0.39, 0.29) is 11.1 Å². The van der Waals surface area contributed by atoms with Gasteiger partial charge in [-0.3, -0.25) is 4.84 Å². The summed E-state index contributed by atoms with van der Waals surface area (Å²) in [6.07, 6.45) is 2.02. The maximum absolute atomic E-state index is 9.95. The number of hydroxylamine groups is 2.